The maximum Gasteiger partial charge on any atom is 0.244 e. The zero-order chi connectivity index (χ0) is 8.15. The number of primary amides is 1. The van der Waals surface area contributed by atoms with Crippen LogP contribution in [0.15, 0.2) is 11.6 Å². The highest BCUT2D eigenvalue weighted by molar-refractivity contribution is 5.91. The van der Waals surface area contributed by atoms with Crippen LogP contribution in [-0.4, -0.2) is 5.91 Å². The zero-order valence-electron chi connectivity index (χ0n) is 6.85. The summed E-state index contributed by atoms with van der Waals surface area (Å²) in [4.78, 5) is 10.5. The van der Waals surface area contributed by atoms with Gasteiger partial charge >= 0.3 is 0 Å². The van der Waals surface area contributed by atoms with Crippen molar-refractivity contribution >= 4 is 5.91 Å². The number of allylic oxidation sites excluding steroid dienone is 1. The van der Waals surface area contributed by atoms with Gasteiger partial charge in [0.1, 0.15) is 0 Å². The molecule has 0 aromatic rings. The molecule has 58 valence electrons. The third-order valence-corrected chi connectivity index (χ3v) is 1.57. The molecule has 0 aliphatic rings. The van der Waals surface area contributed by atoms with Crippen molar-refractivity contribution in [2.75, 3.05) is 0 Å². The van der Waals surface area contributed by atoms with E-state index in [1.165, 1.54) is 0 Å². The van der Waals surface area contributed by atoms with E-state index in [4.69, 9.17) is 5.73 Å². The quantitative estimate of drug-likeness (QED) is 0.594. The van der Waals surface area contributed by atoms with Crippen molar-refractivity contribution in [3.05, 3.63) is 11.6 Å². The molecule has 0 aliphatic carbocycles. The van der Waals surface area contributed by atoms with E-state index in [1.807, 2.05) is 6.08 Å². The van der Waals surface area contributed by atoms with Crippen molar-refractivity contribution in [1.29, 1.82) is 0 Å². The van der Waals surface area contributed by atoms with Crippen LogP contribution in [0.5, 0.6) is 0 Å². The summed E-state index contributed by atoms with van der Waals surface area (Å²) in [6.07, 6.45) is 2.95. The van der Waals surface area contributed by atoms with Crippen LogP contribution < -0.4 is 5.73 Å². The van der Waals surface area contributed by atoms with Gasteiger partial charge in [0.05, 0.1) is 0 Å². The fourth-order valence-electron chi connectivity index (χ4n) is 0.627. The first-order valence-electron chi connectivity index (χ1n) is 3.56. The second-order valence-electron chi connectivity index (χ2n) is 2.60. The maximum atomic E-state index is 10.5. The molecular formula is C8H15NO. The van der Waals surface area contributed by atoms with Gasteiger partial charge in [-0.05, 0) is 12.8 Å². The van der Waals surface area contributed by atoms with Crippen LogP contribution in [0.2, 0.25) is 0 Å². The van der Waals surface area contributed by atoms with Gasteiger partial charge in [-0.3, -0.25) is 4.79 Å². The van der Waals surface area contributed by atoms with Crippen LogP contribution >= 0.6 is 0 Å². The summed E-state index contributed by atoms with van der Waals surface area (Å²) < 4.78 is 0. The van der Waals surface area contributed by atoms with Crippen molar-refractivity contribution in [2.45, 2.75) is 27.2 Å². The topological polar surface area (TPSA) is 43.1 Å². The number of hydrogen-bond acceptors (Lipinski definition) is 1. The number of carbonyl (C=O) groups is 1. The molecule has 0 aliphatic heterocycles. The molecule has 2 heteroatoms. The number of amides is 1. The van der Waals surface area contributed by atoms with E-state index in [0.717, 1.165) is 6.42 Å². The molecule has 2 nitrogen and oxygen atoms in total. The Morgan fingerprint density at radius 1 is 1.70 bits per heavy atom. The van der Waals surface area contributed by atoms with Gasteiger partial charge in [-0.2, -0.15) is 0 Å². The molecular weight excluding hydrogens is 126 g/mol. The van der Waals surface area contributed by atoms with Gasteiger partial charge in [0, 0.05) is 5.57 Å². The lowest BCUT2D eigenvalue weighted by molar-refractivity contribution is -0.114. The van der Waals surface area contributed by atoms with Gasteiger partial charge in [0.15, 0.2) is 0 Å². The van der Waals surface area contributed by atoms with Crippen LogP contribution in [0.25, 0.3) is 0 Å². The van der Waals surface area contributed by atoms with E-state index >= 15 is 0 Å². The normalized spacial score (nSPS) is 14.9. The van der Waals surface area contributed by atoms with Crippen molar-refractivity contribution in [2.24, 2.45) is 11.7 Å². The fourth-order valence-corrected chi connectivity index (χ4v) is 0.627. The molecule has 0 fully saturated rings. The predicted molar refractivity (Wildman–Crippen MR) is 42.4 cm³/mol. The minimum absolute atomic E-state index is 0.319. The average molecular weight is 141 g/mol. The van der Waals surface area contributed by atoms with E-state index < -0.39 is 0 Å². The summed E-state index contributed by atoms with van der Waals surface area (Å²) in [6, 6.07) is 0. The molecule has 0 saturated carbocycles. The van der Waals surface area contributed by atoms with E-state index in [0.29, 0.717) is 11.5 Å². The number of nitrogens with two attached hydrogens (primary N) is 1. The Hall–Kier alpha value is -0.790. The van der Waals surface area contributed by atoms with Crippen molar-refractivity contribution in [3.63, 3.8) is 0 Å². The first kappa shape index (κ1) is 9.21. The Morgan fingerprint density at radius 3 is 2.50 bits per heavy atom. The van der Waals surface area contributed by atoms with E-state index in [9.17, 15) is 4.79 Å². The van der Waals surface area contributed by atoms with Crippen molar-refractivity contribution < 1.29 is 4.79 Å². The maximum absolute atomic E-state index is 10.5. The van der Waals surface area contributed by atoms with Gasteiger partial charge < -0.3 is 5.73 Å². The summed E-state index contributed by atoms with van der Waals surface area (Å²) in [5, 5.41) is 0. The molecule has 0 aromatic heterocycles. The Bertz CT molecular complexity index is 149. The molecule has 10 heavy (non-hydrogen) atoms. The highest BCUT2D eigenvalue weighted by Gasteiger charge is 1.99. The predicted octanol–water partition coefficient (Wildman–Crippen LogP) is 1.46. The Balaban J connectivity index is 4.02. The SMILES string of the molecule is CCC(C)/C=C(\C)C(N)=O. The molecule has 0 aromatic carbocycles. The van der Waals surface area contributed by atoms with Crippen molar-refractivity contribution in [1.82, 2.24) is 0 Å². The third kappa shape index (κ3) is 3.28. The molecule has 0 saturated heterocycles. The van der Waals surface area contributed by atoms with Gasteiger partial charge in [0.25, 0.3) is 0 Å². The van der Waals surface area contributed by atoms with E-state index in [2.05, 4.69) is 13.8 Å². The average Bonchev–Trinajstić information content (AvgIpc) is 1.87. The van der Waals surface area contributed by atoms with Crippen LogP contribution in [0.1, 0.15) is 27.2 Å². The second kappa shape index (κ2) is 4.09. The lowest BCUT2D eigenvalue weighted by Gasteiger charge is -2.01. The summed E-state index contributed by atoms with van der Waals surface area (Å²) in [7, 11) is 0. The standard InChI is InChI=1S/C8H15NO/c1-4-6(2)5-7(3)8(9)10/h5-6H,4H2,1-3H3,(H2,9,10)/b7-5+. The largest absolute Gasteiger partial charge is 0.366 e. The molecule has 1 amide bonds. The Labute approximate surface area is 62.1 Å². The molecule has 0 bridgehead atoms. The van der Waals surface area contributed by atoms with Gasteiger partial charge in [-0.1, -0.05) is 26.3 Å². The molecule has 2 N–H and O–H groups in total. The van der Waals surface area contributed by atoms with Crippen LogP contribution in [0.3, 0.4) is 0 Å². The third-order valence-electron chi connectivity index (χ3n) is 1.57. The number of hydrogen-bond donors (Lipinski definition) is 1. The molecule has 0 radical (unpaired) electrons. The minimum atomic E-state index is -0.319. The highest BCUT2D eigenvalue weighted by Crippen LogP contribution is 2.05. The summed E-state index contributed by atoms with van der Waals surface area (Å²) >= 11 is 0. The van der Waals surface area contributed by atoms with Crippen LogP contribution in [-0.2, 0) is 4.79 Å². The fraction of sp³-hybridized carbons (Fsp3) is 0.625. The summed E-state index contributed by atoms with van der Waals surface area (Å²) in [5.41, 5.74) is 5.69. The zero-order valence-corrected chi connectivity index (χ0v) is 6.85. The van der Waals surface area contributed by atoms with E-state index in [-0.39, 0.29) is 5.91 Å². The Morgan fingerprint density at radius 2 is 2.20 bits per heavy atom. The van der Waals surface area contributed by atoms with E-state index in [1.54, 1.807) is 6.92 Å². The molecule has 1 atom stereocenters. The highest BCUT2D eigenvalue weighted by atomic mass is 16.1. The van der Waals surface area contributed by atoms with Crippen LogP contribution in [0, 0.1) is 5.92 Å². The molecule has 0 rings (SSSR count). The number of rotatable bonds is 3. The smallest absolute Gasteiger partial charge is 0.244 e. The first-order chi connectivity index (χ1) is 4.57. The van der Waals surface area contributed by atoms with Gasteiger partial charge in [0.2, 0.25) is 5.91 Å². The summed E-state index contributed by atoms with van der Waals surface area (Å²) in [5.74, 6) is 0.132. The summed E-state index contributed by atoms with van der Waals surface area (Å²) in [6.45, 7) is 5.89. The monoisotopic (exact) mass is 141 g/mol. The van der Waals surface area contributed by atoms with Gasteiger partial charge in [-0.15, -0.1) is 0 Å². The lowest BCUT2D eigenvalue weighted by Crippen LogP contribution is -2.12. The lowest BCUT2D eigenvalue weighted by atomic mass is 10.1. The van der Waals surface area contributed by atoms with Crippen LogP contribution in [0.4, 0.5) is 0 Å². The first-order valence-corrected chi connectivity index (χ1v) is 3.56. The number of carbonyl (C=O) groups excluding carboxylic acids is 1. The Kier molecular flexibility index (Phi) is 3.77. The molecule has 1 unspecified atom stereocenters. The van der Waals surface area contributed by atoms with Gasteiger partial charge in [-0.25, -0.2) is 0 Å². The minimum Gasteiger partial charge on any atom is -0.366 e. The van der Waals surface area contributed by atoms with Crippen molar-refractivity contribution in [3.8, 4) is 0 Å². The second-order valence-corrected chi connectivity index (χ2v) is 2.60. The molecule has 0 heterocycles. The molecule has 0 spiro atoms.